The van der Waals surface area contributed by atoms with Gasteiger partial charge in [-0.1, -0.05) is 0 Å². The zero-order valence-electron chi connectivity index (χ0n) is 11.3. The van der Waals surface area contributed by atoms with Crippen molar-refractivity contribution in [3.8, 4) is 0 Å². The molecule has 0 aromatic carbocycles. The van der Waals surface area contributed by atoms with Gasteiger partial charge in [0.05, 0.1) is 19.3 Å². The molecule has 1 saturated carbocycles. The summed E-state index contributed by atoms with van der Waals surface area (Å²) in [6, 6.07) is 0. The Bertz CT molecular complexity index is 327. The molecule has 19 heavy (non-hydrogen) atoms. The summed E-state index contributed by atoms with van der Waals surface area (Å²) >= 11 is 0. The molecule has 0 aromatic rings. The summed E-state index contributed by atoms with van der Waals surface area (Å²) in [5, 5.41) is 28.8. The van der Waals surface area contributed by atoms with Crippen LogP contribution in [0, 0.1) is 11.8 Å². The van der Waals surface area contributed by atoms with Gasteiger partial charge < -0.3 is 20.1 Å². The summed E-state index contributed by atoms with van der Waals surface area (Å²) in [7, 11) is 1.30. The minimum absolute atomic E-state index is 0.195. The first-order chi connectivity index (χ1) is 8.88. The largest absolute Gasteiger partial charge is 0.469 e. The summed E-state index contributed by atoms with van der Waals surface area (Å²) < 4.78 is 4.47. The smallest absolute Gasteiger partial charge is 0.305 e. The van der Waals surface area contributed by atoms with Crippen LogP contribution in [0.3, 0.4) is 0 Å². The Hall–Kier alpha value is -0.980. The molecule has 0 heterocycles. The average Bonchev–Trinajstić information content (AvgIpc) is 3.16. The number of carbonyl (C=O) groups is 2. The number of Topliss-reactive ketones (excluding diaryl/α,β-unsaturated/α-hetero) is 1. The van der Waals surface area contributed by atoms with E-state index < -0.39 is 18.3 Å². The third-order valence-corrected chi connectivity index (χ3v) is 3.56. The van der Waals surface area contributed by atoms with Crippen LogP contribution in [0.4, 0.5) is 0 Å². The van der Waals surface area contributed by atoms with Crippen molar-refractivity contribution < 1.29 is 29.6 Å². The minimum atomic E-state index is -1.03. The first-order valence-corrected chi connectivity index (χ1v) is 6.53. The highest BCUT2D eigenvalue weighted by atomic mass is 16.5. The van der Waals surface area contributed by atoms with E-state index in [-0.39, 0.29) is 36.4 Å². The normalized spacial score (nSPS) is 26.4. The van der Waals surface area contributed by atoms with Gasteiger partial charge in [0, 0.05) is 12.3 Å². The van der Waals surface area contributed by atoms with Crippen molar-refractivity contribution in [3.05, 3.63) is 0 Å². The Kier molecular flexibility index (Phi) is 5.90. The van der Waals surface area contributed by atoms with E-state index in [1.165, 1.54) is 14.0 Å². The molecule has 0 spiro atoms. The number of carbonyl (C=O) groups excluding carboxylic acids is 2. The van der Waals surface area contributed by atoms with E-state index in [2.05, 4.69) is 4.74 Å². The number of hydrogen-bond donors (Lipinski definition) is 3. The van der Waals surface area contributed by atoms with E-state index >= 15 is 0 Å². The zero-order chi connectivity index (χ0) is 14.6. The number of aliphatic hydroxyl groups is 3. The van der Waals surface area contributed by atoms with Gasteiger partial charge in [0.15, 0.2) is 5.78 Å². The lowest BCUT2D eigenvalue weighted by atomic mass is 10.0. The van der Waals surface area contributed by atoms with Gasteiger partial charge in [-0.15, -0.1) is 0 Å². The fourth-order valence-electron chi connectivity index (χ4n) is 2.24. The van der Waals surface area contributed by atoms with Crippen molar-refractivity contribution in [2.24, 2.45) is 11.8 Å². The molecule has 110 valence electrons. The number of ether oxygens (including phenoxy) is 1. The molecule has 0 amide bonds. The van der Waals surface area contributed by atoms with Crippen molar-refractivity contribution in [3.63, 3.8) is 0 Å². The summed E-state index contributed by atoms with van der Waals surface area (Å²) in [5.41, 5.74) is 0. The van der Waals surface area contributed by atoms with Crippen molar-refractivity contribution in [1.29, 1.82) is 0 Å². The summed E-state index contributed by atoms with van der Waals surface area (Å²) in [6.07, 6.45) is -1.57. The number of methoxy groups -OCH3 is 1. The molecule has 0 aromatic heterocycles. The fraction of sp³-hybridized carbons (Fsp3) is 0.846. The number of esters is 1. The number of ketones is 1. The average molecular weight is 274 g/mol. The van der Waals surface area contributed by atoms with Crippen molar-refractivity contribution in [2.45, 2.75) is 50.9 Å². The van der Waals surface area contributed by atoms with Gasteiger partial charge >= 0.3 is 5.97 Å². The van der Waals surface area contributed by atoms with Crippen LogP contribution in [0.2, 0.25) is 0 Å². The zero-order valence-corrected chi connectivity index (χ0v) is 11.3. The monoisotopic (exact) mass is 274 g/mol. The van der Waals surface area contributed by atoms with Crippen LogP contribution in [0.25, 0.3) is 0 Å². The highest BCUT2D eigenvalue weighted by Crippen LogP contribution is 2.43. The Morgan fingerprint density at radius 2 is 1.95 bits per heavy atom. The van der Waals surface area contributed by atoms with Gasteiger partial charge in [0.2, 0.25) is 0 Å². The maximum Gasteiger partial charge on any atom is 0.305 e. The maximum absolute atomic E-state index is 11.5. The maximum atomic E-state index is 11.5. The van der Waals surface area contributed by atoms with Crippen molar-refractivity contribution in [2.75, 3.05) is 7.11 Å². The summed E-state index contributed by atoms with van der Waals surface area (Å²) in [5.74, 6) is -1.28. The van der Waals surface area contributed by atoms with Crippen LogP contribution >= 0.6 is 0 Å². The Morgan fingerprint density at radius 1 is 1.32 bits per heavy atom. The molecule has 0 unspecified atom stereocenters. The Labute approximate surface area is 112 Å². The summed E-state index contributed by atoms with van der Waals surface area (Å²) in [4.78, 5) is 22.4. The SMILES string of the molecule is COC(=O)CCC[C@@H](O)[C@@H](O)[C@H]1C[C@@H]1C(=O)[C@H](C)O. The molecule has 1 fully saturated rings. The van der Waals surface area contributed by atoms with Crippen LogP contribution in [0.15, 0.2) is 0 Å². The standard InChI is InChI=1S/C13H22O6/c1-7(14)12(17)8-6-9(8)13(18)10(15)4-3-5-11(16)19-2/h7-10,13-15,18H,3-6H2,1-2H3/t7-,8-,9-,10+,13-/m0/s1. The first kappa shape index (κ1) is 16.1. The van der Waals surface area contributed by atoms with Crippen molar-refractivity contribution in [1.82, 2.24) is 0 Å². The Morgan fingerprint density at radius 3 is 2.47 bits per heavy atom. The molecule has 5 atom stereocenters. The van der Waals surface area contributed by atoms with E-state index in [0.29, 0.717) is 12.8 Å². The van der Waals surface area contributed by atoms with Gasteiger partial charge in [-0.3, -0.25) is 9.59 Å². The van der Waals surface area contributed by atoms with Crippen LogP contribution in [0.1, 0.15) is 32.6 Å². The molecule has 0 bridgehead atoms. The summed E-state index contributed by atoms with van der Waals surface area (Å²) in [6.45, 7) is 1.40. The molecule has 6 heteroatoms. The molecule has 3 N–H and O–H groups in total. The predicted molar refractivity (Wildman–Crippen MR) is 66.2 cm³/mol. The third-order valence-electron chi connectivity index (χ3n) is 3.56. The highest BCUT2D eigenvalue weighted by molar-refractivity contribution is 5.87. The van der Waals surface area contributed by atoms with Crippen LogP contribution in [0.5, 0.6) is 0 Å². The van der Waals surface area contributed by atoms with Crippen LogP contribution in [-0.2, 0) is 14.3 Å². The van der Waals surface area contributed by atoms with Crippen LogP contribution < -0.4 is 0 Å². The number of hydrogen-bond acceptors (Lipinski definition) is 6. The lowest BCUT2D eigenvalue weighted by Gasteiger charge is -2.17. The van der Waals surface area contributed by atoms with E-state index in [1.54, 1.807) is 0 Å². The van der Waals surface area contributed by atoms with E-state index in [1.807, 2.05) is 0 Å². The lowest BCUT2D eigenvalue weighted by molar-refractivity contribution is -0.140. The van der Waals surface area contributed by atoms with Gasteiger partial charge in [0.25, 0.3) is 0 Å². The molecule has 0 aliphatic heterocycles. The number of rotatable bonds is 8. The second kappa shape index (κ2) is 6.98. The van der Waals surface area contributed by atoms with Gasteiger partial charge in [-0.2, -0.15) is 0 Å². The number of aliphatic hydroxyl groups excluding tert-OH is 3. The van der Waals surface area contributed by atoms with Gasteiger partial charge in [-0.05, 0) is 32.1 Å². The van der Waals surface area contributed by atoms with Gasteiger partial charge in [-0.25, -0.2) is 0 Å². The molecule has 6 nitrogen and oxygen atoms in total. The van der Waals surface area contributed by atoms with E-state index in [4.69, 9.17) is 5.11 Å². The molecular formula is C13H22O6. The first-order valence-electron chi connectivity index (χ1n) is 6.53. The van der Waals surface area contributed by atoms with E-state index in [9.17, 15) is 19.8 Å². The molecule has 0 saturated heterocycles. The van der Waals surface area contributed by atoms with Crippen LogP contribution in [-0.4, -0.2) is 52.5 Å². The quantitative estimate of drug-likeness (QED) is 0.522. The Balaban J connectivity index is 2.29. The molecule has 0 radical (unpaired) electrons. The third kappa shape index (κ3) is 4.56. The molecular weight excluding hydrogens is 252 g/mol. The fourth-order valence-corrected chi connectivity index (χ4v) is 2.24. The van der Waals surface area contributed by atoms with Crippen molar-refractivity contribution >= 4 is 11.8 Å². The topological polar surface area (TPSA) is 104 Å². The molecule has 1 aliphatic rings. The molecule has 1 rings (SSSR count). The second-order valence-electron chi connectivity index (χ2n) is 5.11. The highest BCUT2D eigenvalue weighted by Gasteiger charge is 2.49. The second-order valence-corrected chi connectivity index (χ2v) is 5.11. The minimum Gasteiger partial charge on any atom is -0.469 e. The van der Waals surface area contributed by atoms with E-state index in [0.717, 1.165) is 0 Å². The van der Waals surface area contributed by atoms with Gasteiger partial charge in [0.1, 0.15) is 6.10 Å². The predicted octanol–water partition coefficient (Wildman–Crippen LogP) is -0.363. The lowest BCUT2D eigenvalue weighted by Crippen LogP contribution is -2.30. The molecule has 1 aliphatic carbocycles.